The van der Waals surface area contributed by atoms with Crippen molar-refractivity contribution in [2.75, 3.05) is 19.6 Å². The summed E-state index contributed by atoms with van der Waals surface area (Å²) in [6.45, 7) is 13.5. The average molecular weight is 228 g/mol. The first-order chi connectivity index (χ1) is 7.63. The molecule has 1 heterocycles. The van der Waals surface area contributed by atoms with Crippen LogP contribution in [0.15, 0.2) is 0 Å². The highest BCUT2D eigenvalue weighted by Crippen LogP contribution is 2.17. The summed E-state index contributed by atoms with van der Waals surface area (Å²) in [6.07, 6.45) is 1.82. The average Bonchev–Trinajstić information content (AvgIpc) is 2.77. The lowest BCUT2D eigenvalue weighted by atomic mass is 10.1. The highest BCUT2D eigenvalue weighted by atomic mass is 16.1. The predicted molar refractivity (Wildman–Crippen MR) is 69.5 cm³/mol. The van der Waals surface area contributed by atoms with Crippen molar-refractivity contribution in [1.82, 2.24) is 10.2 Å². The van der Waals surface area contributed by atoms with Gasteiger partial charge in [0, 0.05) is 25.6 Å². The van der Waals surface area contributed by atoms with Crippen LogP contribution < -0.4 is 5.32 Å². The molecule has 0 bridgehead atoms. The van der Waals surface area contributed by atoms with Crippen molar-refractivity contribution in [3.05, 3.63) is 0 Å². The molecule has 0 aromatic rings. The predicted octanol–water partition coefficient (Wildman–Crippen LogP) is 2.27. The molecule has 1 aliphatic rings. The van der Waals surface area contributed by atoms with Gasteiger partial charge in [-0.25, -0.2) is 0 Å². The van der Waals surface area contributed by atoms with E-state index < -0.39 is 0 Å². The smallest absolute Gasteiger partial charge is 0.219 e. The monoisotopic (exact) mass is 228 g/mol. The summed E-state index contributed by atoms with van der Waals surface area (Å²) in [5, 5.41) is 2.97. The van der Waals surface area contributed by atoms with Crippen LogP contribution in [0.3, 0.4) is 0 Å². The lowest BCUT2D eigenvalue weighted by molar-refractivity contribution is -0.120. The van der Waals surface area contributed by atoms with E-state index in [2.05, 4.69) is 24.1 Å². The summed E-state index contributed by atoms with van der Waals surface area (Å²) in [7, 11) is 0. The summed E-state index contributed by atoms with van der Waals surface area (Å²) in [5.41, 5.74) is 0. The van der Waals surface area contributed by atoms with E-state index in [0.717, 1.165) is 13.1 Å². The lowest BCUT2D eigenvalue weighted by Gasteiger charge is -2.20. The minimum atomic E-state index is 0.174. The van der Waals surface area contributed by atoms with Crippen LogP contribution in [0.25, 0.3) is 0 Å². The van der Waals surface area contributed by atoms with Gasteiger partial charge in [-0.05, 0) is 32.7 Å². The molecule has 3 heteroatoms. The van der Waals surface area contributed by atoms with Crippen molar-refractivity contribution >= 4 is 5.91 Å². The third-order valence-electron chi connectivity index (χ3n) is 2.96. The van der Waals surface area contributed by atoms with E-state index in [1.807, 2.05) is 20.8 Å². The molecule has 96 valence electrons. The molecule has 0 aromatic carbocycles. The van der Waals surface area contributed by atoms with Gasteiger partial charge in [-0.15, -0.1) is 0 Å². The van der Waals surface area contributed by atoms with E-state index in [4.69, 9.17) is 0 Å². The minimum absolute atomic E-state index is 0.174. The Balaban J connectivity index is 0.00000106. The van der Waals surface area contributed by atoms with Gasteiger partial charge in [0.1, 0.15) is 0 Å². The van der Waals surface area contributed by atoms with Gasteiger partial charge in [0.2, 0.25) is 5.91 Å². The second-order valence-corrected chi connectivity index (χ2v) is 4.40. The van der Waals surface area contributed by atoms with Crippen LogP contribution in [0.5, 0.6) is 0 Å². The molecule has 0 spiro atoms. The molecular formula is C13H28N2O. The third kappa shape index (κ3) is 5.50. The Bertz CT molecular complexity index is 192. The Labute approximate surface area is 101 Å². The van der Waals surface area contributed by atoms with Crippen molar-refractivity contribution in [3.8, 4) is 0 Å². The minimum Gasteiger partial charge on any atom is -0.356 e. The standard InChI is InChI=1S/C11H22N2O.C2H6/c1-4-11(14)12-7-10-5-6-13(8-10)9(2)3;1-2/h9-10H,4-8H2,1-3H3,(H,12,14);1-2H3. The summed E-state index contributed by atoms with van der Waals surface area (Å²) < 4.78 is 0. The molecule has 1 rings (SSSR count). The molecule has 1 saturated heterocycles. The van der Waals surface area contributed by atoms with Crippen LogP contribution in [-0.4, -0.2) is 36.5 Å². The van der Waals surface area contributed by atoms with Crippen LogP contribution >= 0.6 is 0 Å². The van der Waals surface area contributed by atoms with E-state index in [1.165, 1.54) is 13.0 Å². The topological polar surface area (TPSA) is 32.3 Å². The fourth-order valence-electron chi connectivity index (χ4n) is 1.88. The van der Waals surface area contributed by atoms with Gasteiger partial charge >= 0.3 is 0 Å². The summed E-state index contributed by atoms with van der Waals surface area (Å²) in [4.78, 5) is 13.5. The van der Waals surface area contributed by atoms with Crippen LogP contribution in [0.1, 0.15) is 47.5 Å². The Hall–Kier alpha value is -0.570. The molecule has 3 nitrogen and oxygen atoms in total. The number of nitrogens with one attached hydrogen (secondary N) is 1. The van der Waals surface area contributed by atoms with E-state index >= 15 is 0 Å². The summed E-state index contributed by atoms with van der Waals surface area (Å²) in [5.74, 6) is 0.834. The molecule has 0 aliphatic carbocycles. The number of carbonyl (C=O) groups is 1. The van der Waals surface area contributed by atoms with Crippen LogP contribution in [-0.2, 0) is 4.79 Å². The van der Waals surface area contributed by atoms with Gasteiger partial charge in [0.05, 0.1) is 0 Å². The second kappa shape index (κ2) is 8.57. The Morgan fingerprint density at radius 1 is 1.44 bits per heavy atom. The Morgan fingerprint density at radius 2 is 2.06 bits per heavy atom. The zero-order valence-corrected chi connectivity index (χ0v) is 11.5. The van der Waals surface area contributed by atoms with Gasteiger partial charge in [0.15, 0.2) is 0 Å². The van der Waals surface area contributed by atoms with Crippen molar-refractivity contribution in [2.24, 2.45) is 5.92 Å². The molecule has 1 aliphatic heterocycles. The first-order valence-electron chi connectivity index (χ1n) is 6.64. The quantitative estimate of drug-likeness (QED) is 0.800. The molecule has 1 unspecified atom stereocenters. The maximum Gasteiger partial charge on any atom is 0.219 e. The largest absolute Gasteiger partial charge is 0.356 e. The third-order valence-corrected chi connectivity index (χ3v) is 2.96. The summed E-state index contributed by atoms with van der Waals surface area (Å²) in [6, 6.07) is 0.641. The van der Waals surface area contributed by atoms with Crippen LogP contribution in [0.4, 0.5) is 0 Å². The number of amides is 1. The van der Waals surface area contributed by atoms with Gasteiger partial charge in [-0.2, -0.15) is 0 Å². The first kappa shape index (κ1) is 15.4. The molecule has 1 amide bonds. The fraction of sp³-hybridized carbons (Fsp3) is 0.923. The Kier molecular flexibility index (Phi) is 8.26. The lowest BCUT2D eigenvalue weighted by Crippen LogP contribution is -2.32. The molecule has 0 saturated carbocycles. The molecule has 1 N–H and O–H groups in total. The molecular weight excluding hydrogens is 200 g/mol. The van der Waals surface area contributed by atoms with Crippen molar-refractivity contribution in [3.63, 3.8) is 0 Å². The van der Waals surface area contributed by atoms with E-state index in [1.54, 1.807) is 0 Å². The Morgan fingerprint density at radius 3 is 2.50 bits per heavy atom. The molecule has 1 atom stereocenters. The second-order valence-electron chi connectivity index (χ2n) is 4.40. The number of hydrogen-bond acceptors (Lipinski definition) is 2. The molecule has 0 radical (unpaired) electrons. The maximum atomic E-state index is 11.1. The van der Waals surface area contributed by atoms with E-state index in [-0.39, 0.29) is 5.91 Å². The first-order valence-corrected chi connectivity index (χ1v) is 6.64. The van der Waals surface area contributed by atoms with Crippen LogP contribution in [0, 0.1) is 5.92 Å². The molecule has 16 heavy (non-hydrogen) atoms. The maximum absolute atomic E-state index is 11.1. The van der Waals surface area contributed by atoms with Crippen molar-refractivity contribution < 1.29 is 4.79 Å². The van der Waals surface area contributed by atoms with E-state index in [9.17, 15) is 4.79 Å². The van der Waals surface area contributed by atoms with Crippen molar-refractivity contribution in [1.29, 1.82) is 0 Å². The fourth-order valence-corrected chi connectivity index (χ4v) is 1.88. The normalized spacial score (nSPS) is 20.5. The van der Waals surface area contributed by atoms with Gasteiger partial charge < -0.3 is 10.2 Å². The van der Waals surface area contributed by atoms with Gasteiger partial charge in [-0.3, -0.25) is 4.79 Å². The highest BCUT2D eigenvalue weighted by molar-refractivity contribution is 5.75. The summed E-state index contributed by atoms with van der Waals surface area (Å²) >= 11 is 0. The zero-order valence-electron chi connectivity index (χ0n) is 11.5. The number of likely N-dealkylation sites (tertiary alicyclic amines) is 1. The molecule has 0 aromatic heterocycles. The van der Waals surface area contributed by atoms with Gasteiger partial charge in [-0.1, -0.05) is 20.8 Å². The number of carbonyl (C=O) groups excluding carboxylic acids is 1. The number of nitrogens with zero attached hydrogens (tertiary/aromatic N) is 1. The van der Waals surface area contributed by atoms with Gasteiger partial charge in [0.25, 0.3) is 0 Å². The highest BCUT2D eigenvalue weighted by Gasteiger charge is 2.23. The SMILES string of the molecule is CC.CCC(=O)NCC1CCN(C(C)C)C1. The zero-order chi connectivity index (χ0) is 12.6. The van der Waals surface area contributed by atoms with E-state index in [0.29, 0.717) is 18.4 Å². The molecule has 1 fully saturated rings. The number of hydrogen-bond donors (Lipinski definition) is 1. The van der Waals surface area contributed by atoms with Crippen LogP contribution in [0.2, 0.25) is 0 Å². The number of rotatable bonds is 4. The van der Waals surface area contributed by atoms with Crippen molar-refractivity contribution in [2.45, 2.75) is 53.5 Å².